The molecule has 0 radical (unpaired) electrons. The molecule has 4 rings (SSSR count). The SMILES string of the molecule is CCCCCCCCCC1CCc2cc(-c3ccc(OCC4OC4CCCCCC)cc3)c(F)c(F)c2C1. The topological polar surface area (TPSA) is 21.8 Å². The maximum atomic E-state index is 15.2. The molecule has 1 heterocycles. The van der Waals surface area contributed by atoms with Crippen LogP contribution in [0.5, 0.6) is 5.75 Å². The Labute approximate surface area is 229 Å². The van der Waals surface area contributed by atoms with Gasteiger partial charge in [-0.2, -0.15) is 0 Å². The molecule has 0 bridgehead atoms. The Kier molecular flexibility index (Phi) is 11.5. The maximum Gasteiger partial charge on any atom is 0.166 e. The van der Waals surface area contributed by atoms with Crippen molar-refractivity contribution in [2.75, 3.05) is 6.61 Å². The summed E-state index contributed by atoms with van der Waals surface area (Å²) < 4.78 is 42.0. The van der Waals surface area contributed by atoms with Crippen LogP contribution in [0.25, 0.3) is 11.1 Å². The van der Waals surface area contributed by atoms with E-state index >= 15 is 8.78 Å². The molecule has 4 heteroatoms. The minimum Gasteiger partial charge on any atom is -0.491 e. The van der Waals surface area contributed by atoms with Crippen molar-refractivity contribution in [1.82, 2.24) is 0 Å². The summed E-state index contributed by atoms with van der Waals surface area (Å²) in [5, 5.41) is 0. The van der Waals surface area contributed by atoms with Crippen molar-refractivity contribution < 1.29 is 18.3 Å². The smallest absolute Gasteiger partial charge is 0.166 e. The van der Waals surface area contributed by atoms with E-state index in [1.54, 1.807) is 0 Å². The Hall–Kier alpha value is -1.94. The Morgan fingerprint density at radius 1 is 0.789 bits per heavy atom. The van der Waals surface area contributed by atoms with Crippen molar-refractivity contribution in [1.29, 1.82) is 0 Å². The molecule has 0 aromatic heterocycles. The molecule has 2 aromatic rings. The lowest BCUT2D eigenvalue weighted by atomic mass is 9.80. The summed E-state index contributed by atoms with van der Waals surface area (Å²) in [5.74, 6) is -0.147. The van der Waals surface area contributed by atoms with Gasteiger partial charge in [-0.05, 0) is 66.5 Å². The van der Waals surface area contributed by atoms with Gasteiger partial charge >= 0.3 is 0 Å². The van der Waals surface area contributed by atoms with Crippen LogP contribution in [0.4, 0.5) is 8.78 Å². The molecule has 3 unspecified atom stereocenters. The predicted molar refractivity (Wildman–Crippen MR) is 153 cm³/mol. The van der Waals surface area contributed by atoms with E-state index in [-0.39, 0.29) is 6.10 Å². The van der Waals surface area contributed by atoms with E-state index in [4.69, 9.17) is 9.47 Å². The van der Waals surface area contributed by atoms with Gasteiger partial charge in [-0.1, -0.05) is 103 Å². The van der Waals surface area contributed by atoms with Crippen molar-refractivity contribution in [3.05, 3.63) is 53.1 Å². The fourth-order valence-corrected chi connectivity index (χ4v) is 6.02. The first-order valence-electron chi connectivity index (χ1n) is 15.5. The Bertz CT molecular complexity index is 987. The summed E-state index contributed by atoms with van der Waals surface area (Å²) in [4.78, 5) is 0. The molecule has 0 amide bonds. The third-order valence-corrected chi connectivity index (χ3v) is 8.54. The molecule has 0 saturated carbocycles. The monoisotopic (exact) mass is 526 g/mol. The third-order valence-electron chi connectivity index (χ3n) is 8.54. The van der Waals surface area contributed by atoms with Gasteiger partial charge in [-0.15, -0.1) is 0 Å². The molecule has 210 valence electrons. The first-order chi connectivity index (χ1) is 18.6. The van der Waals surface area contributed by atoms with Gasteiger partial charge in [-0.3, -0.25) is 0 Å². The number of ether oxygens (including phenoxy) is 2. The summed E-state index contributed by atoms with van der Waals surface area (Å²) in [6, 6.07) is 9.25. The van der Waals surface area contributed by atoms with E-state index in [2.05, 4.69) is 13.8 Å². The number of epoxide rings is 1. The van der Waals surface area contributed by atoms with Crippen LogP contribution in [-0.2, 0) is 17.6 Å². The van der Waals surface area contributed by atoms with E-state index in [1.807, 2.05) is 30.3 Å². The lowest BCUT2D eigenvalue weighted by Gasteiger charge is -2.26. The number of hydrogen-bond donors (Lipinski definition) is 0. The maximum absolute atomic E-state index is 15.2. The zero-order valence-electron chi connectivity index (χ0n) is 23.7. The molecule has 2 aliphatic rings. The van der Waals surface area contributed by atoms with E-state index in [9.17, 15) is 0 Å². The standard InChI is InChI=1S/C34H48F2O2/c1-3-5-7-9-10-11-12-14-25-16-17-27-23-30(34(36)33(35)29(27)22-25)26-18-20-28(21-19-26)37-24-32-31(38-32)15-13-8-6-4-2/h18-21,23,25,31-32H,3-17,22,24H2,1-2H3. The average Bonchev–Trinajstić information content (AvgIpc) is 3.70. The fraction of sp³-hybridized carbons (Fsp3) is 0.647. The van der Waals surface area contributed by atoms with Crippen LogP contribution < -0.4 is 4.74 Å². The second kappa shape index (κ2) is 15.0. The highest BCUT2D eigenvalue weighted by molar-refractivity contribution is 5.67. The molecule has 1 aliphatic heterocycles. The minimum absolute atomic E-state index is 0.179. The molecule has 2 aromatic carbocycles. The van der Waals surface area contributed by atoms with Crippen molar-refractivity contribution in [3.63, 3.8) is 0 Å². The van der Waals surface area contributed by atoms with Crippen LogP contribution in [0.1, 0.15) is 115 Å². The summed E-state index contributed by atoms with van der Waals surface area (Å²) in [7, 11) is 0. The zero-order valence-corrected chi connectivity index (χ0v) is 23.7. The van der Waals surface area contributed by atoms with E-state index in [1.165, 1.54) is 70.6 Å². The Balaban J connectivity index is 1.26. The van der Waals surface area contributed by atoms with E-state index in [0.717, 1.165) is 37.0 Å². The number of unbranched alkanes of at least 4 members (excludes halogenated alkanes) is 9. The van der Waals surface area contributed by atoms with Gasteiger partial charge in [0.1, 0.15) is 18.5 Å². The normalized spacial score (nSPS) is 20.4. The number of fused-ring (bicyclic) bond motifs is 1. The first-order valence-corrected chi connectivity index (χ1v) is 15.5. The molecular weight excluding hydrogens is 478 g/mol. The molecule has 1 fully saturated rings. The van der Waals surface area contributed by atoms with Crippen LogP contribution in [-0.4, -0.2) is 18.8 Å². The molecule has 0 spiro atoms. The van der Waals surface area contributed by atoms with Gasteiger partial charge in [-0.25, -0.2) is 8.78 Å². The van der Waals surface area contributed by atoms with E-state index in [0.29, 0.717) is 41.7 Å². The van der Waals surface area contributed by atoms with Gasteiger partial charge in [0.25, 0.3) is 0 Å². The largest absolute Gasteiger partial charge is 0.491 e. The number of benzene rings is 2. The lowest BCUT2D eigenvalue weighted by Crippen LogP contribution is -2.17. The predicted octanol–water partition coefficient (Wildman–Crippen LogP) is 9.99. The third kappa shape index (κ3) is 8.28. The fourth-order valence-electron chi connectivity index (χ4n) is 6.02. The van der Waals surface area contributed by atoms with Crippen LogP contribution in [0.15, 0.2) is 30.3 Å². The molecule has 3 atom stereocenters. The van der Waals surface area contributed by atoms with Crippen LogP contribution in [0.2, 0.25) is 0 Å². The van der Waals surface area contributed by atoms with Gasteiger partial charge in [0.2, 0.25) is 0 Å². The molecule has 38 heavy (non-hydrogen) atoms. The Morgan fingerprint density at radius 3 is 2.18 bits per heavy atom. The Morgan fingerprint density at radius 2 is 1.45 bits per heavy atom. The molecule has 2 nitrogen and oxygen atoms in total. The number of aryl methyl sites for hydroxylation is 1. The average molecular weight is 527 g/mol. The van der Waals surface area contributed by atoms with Crippen molar-refractivity contribution >= 4 is 0 Å². The minimum atomic E-state index is -0.716. The number of hydrogen-bond acceptors (Lipinski definition) is 2. The zero-order chi connectivity index (χ0) is 26.7. The molecule has 1 aliphatic carbocycles. The summed E-state index contributed by atoms with van der Waals surface area (Å²) in [6.45, 7) is 5.01. The van der Waals surface area contributed by atoms with Crippen molar-refractivity contribution in [3.8, 4) is 16.9 Å². The van der Waals surface area contributed by atoms with Crippen molar-refractivity contribution in [2.24, 2.45) is 5.92 Å². The van der Waals surface area contributed by atoms with Gasteiger partial charge in [0, 0.05) is 5.56 Å². The highest BCUT2D eigenvalue weighted by Gasteiger charge is 2.38. The molecule has 0 N–H and O–H groups in total. The van der Waals surface area contributed by atoms with Gasteiger partial charge < -0.3 is 9.47 Å². The number of rotatable bonds is 17. The van der Waals surface area contributed by atoms with Crippen LogP contribution >= 0.6 is 0 Å². The summed E-state index contributed by atoms with van der Waals surface area (Å²) in [6.07, 6.45) is 19.4. The van der Waals surface area contributed by atoms with Gasteiger partial charge in [0.05, 0.1) is 6.10 Å². The molecular formula is C34H48F2O2. The number of halogens is 2. The summed E-state index contributed by atoms with van der Waals surface area (Å²) >= 11 is 0. The van der Waals surface area contributed by atoms with Crippen LogP contribution in [0.3, 0.4) is 0 Å². The highest BCUT2D eigenvalue weighted by Crippen LogP contribution is 2.37. The van der Waals surface area contributed by atoms with E-state index < -0.39 is 11.6 Å². The second-order valence-electron chi connectivity index (χ2n) is 11.6. The second-order valence-corrected chi connectivity index (χ2v) is 11.6. The van der Waals surface area contributed by atoms with Crippen molar-refractivity contribution in [2.45, 2.75) is 129 Å². The quantitative estimate of drug-likeness (QED) is 0.151. The summed E-state index contributed by atoms with van der Waals surface area (Å²) in [5.41, 5.74) is 2.64. The first kappa shape index (κ1) is 29.1. The van der Waals surface area contributed by atoms with Crippen LogP contribution in [0, 0.1) is 17.6 Å². The van der Waals surface area contributed by atoms with Gasteiger partial charge in [0.15, 0.2) is 11.6 Å². The lowest BCUT2D eigenvalue weighted by molar-refractivity contribution is 0.259. The highest BCUT2D eigenvalue weighted by atomic mass is 19.2. The molecule has 1 saturated heterocycles.